The van der Waals surface area contributed by atoms with E-state index >= 15 is 0 Å². The number of sulfonamides is 1. The highest BCUT2D eigenvalue weighted by Gasteiger charge is 2.23. The van der Waals surface area contributed by atoms with Crippen molar-refractivity contribution in [2.75, 3.05) is 51.6 Å². The Morgan fingerprint density at radius 3 is 2.39 bits per heavy atom. The van der Waals surface area contributed by atoms with Gasteiger partial charge in [-0.25, -0.2) is 12.7 Å². The zero-order valence-corrected chi connectivity index (χ0v) is 20.6. The minimum absolute atomic E-state index is 0.0615. The van der Waals surface area contributed by atoms with Crippen LogP contribution >= 0.6 is 0 Å². The summed E-state index contributed by atoms with van der Waals surface area (Å²) >= 11 is 0. The fourth-order valence-corrected chi connectivity index (χ4v) is 5.11. The molecule has 2 aromatic rings. The van der Waals surface area contributed by atoms with Gasteiger partial charge in [-0.3, -0.25) is 9.69 Å². The van der Waals surface area contributed by atoms with E-state index in [9.17, 15) is 13.2 Å². The van der Waals surface area contributed by atoms with Crippen molar-refractivity contribution in [2.45, 2.75) is 26.4 Å². The van der Waals surface area contributed by atoms with Crippen LogP contribution in [0.15, 0.2) is 42.5 Å². The number of carbonyl (C=O) groups excluding carboxylic acids is 1. The first-order valence-corrected chi connectivity index (χ1v) is 12.8. The summed E-state index contributed by atoms with van der Waals surface area (Å²) in [5.74, 6) is 1.25. The van der Waals surface area contributed by atoms with E-state index in [2.05, 4.69) is 4.90 Å². The van der Waals surface area contributed by atoms with Crippen LogP contribution < -0.4 is 14.4 Å². The molecule has 0 saturated carbocycles. The van der Waals surface area contributed by atoms with Crippen LogP contribution in [0.2, 0.25) is 0 Å². The lowest BCUT2D eigenvalue weighted by Crippen LogP contribution is -2.39. The van der Waals surface area contributed by atoms with E-state index in [0.29, 0.717) is 57.2 Å². The lowest BCUT2D eigenvalue weighted by Gasteiger charge is -2.28. The van der Waals surface area contributed by atoms with Gasteiger partial charge < -0.3 is 14.4 Å². The Hall–Kier alpha value is -2.62. The number of para-hydroxylation sites is 2. The summed E-state index contributed by atoms with van der Waals surface area (Å²) in [6.45, 7) is 4.35. The molecular weight excluding hydrogens is 442 g/mol. The third-order valence-corrected chi connectivity index (χ3v) is 7.16. The van der Waals surface area contributed by atoms with Crippen molar-refractivity contribution in [3.63, 3.8) is 0 Å². The number of rotatable bonds is 5. The van der Waals surface area contributed by atoms with Gasteiger partial charge in [0.1, 0.15) is 0 Å². The van der Waals surface area contributed by atoms with Crippen molar-refractivity contribution in [1.29, 1.82) is 0 Å². The summed E-state index contributed by atoms with van der Waals surface area (Å²) < 4.78 is 37.4. The molecule has 180 valence electrons. The summed E-state index contributed by atoms with van der Waals surface area (Å²) in [5.41, 5.74) is 2.82. The molecule has 2 aromatic carbocycles. The minimum Gasteiger partial charge on any atom is -0.493 e. The van der Waals surface area contributed by atoms with Crippen molar-refractivity contribution in [2.24, 2.45) is 0 Å². The number of nitrogens with zero attached hydrogens (tertiary/aromatic N) is 3. The number of benzene rings is 2. The van der Waals surface area contributed by atoms with Crippen LogP contribution in [0.25, 0.3) is 0 Å². The molecule has 0 unspecified atom stereocenters. The summed E-state index contributed by atoms with van der Waals surface area (Å²) in [7, 11) is -0.158. The van der Waals surface area contributed by atoms with Gasteiger partial charge >= 0.3 is 0 Å². The number of ether oxygens (including phenoxy) is 2. The SMILES string of the molecule is COc1cccc(CN2CCN(S(C)(=O)=O)CCCN(C(C)=O)c3ccccc3C2)c1OC. The Morgan fingerprint density at radius 2 is 1.73 bits per heavy atom. The molecule has 1 aliphatic heterocycles. The molecule has 0 aromatic heterocycles. The van der Waals surface area contributed by atoms with E-state index in [1.54, 1.807) is 26.0 Å². The third-order valence-electron chi connectivity index (χ3n) is 5.86. The predicted molar refractivity (Wildman–Crippen MR) is 129 cm³/mol. The number of hydrogen-bond acceptors (Lipinski definition) is 6. The number of fused-ring (bicyclic) bond motifs is 1. The molecule has 0 bridgehead atoms. The number of carbonyl (C=O) groups is 1. The van der Waals surface area contributed by atoms with Gasteiger partial charge in [-0.2, -0.15) is 0 Å². The summed E-state index contributed by atoms with van der Waals surface area (Å²) in [6, 6.07) is 13.6. The topological polar surface area (TPSA) is 79.4 Å². The third kappa shape index (κ3) is 6.25. The van der Waals surface area contributed by atoms with Gasteiger partial charge in [-0.1, -0.05) is 30.3 Å². The first kappa shape index (κ1) is 25.0. The second kappa shape index (κ2) is 11.0. The number of anilines is 1. The molecule has 1 amide bonds. The normalized spacial score (nSPS) is 16.5. The van der Waals surface area contributed by atoms with Gasteiger partial charge in [-0.15, -0.1) is 0 Å². The monoisotopic (exact) mass is 475 g/mol. The van der Waals surface area contributed by atoms with Crippen LogP contribution in [-0.4, -0.2) is 70.2 Å². The lowest BCUT2D eigenvalue weighted by molar-refractivity contribution is -0.116. The number of methoxy groups -OCH3 is 2. The molecular formula is C24H33N3O5S. The summed E-state index contributed by atoms with van der Waals surface area (Å²) in [6.07, 6.45) is 1.80. The maximum absolute atomic E-state index is 12.5. The number of hydrogen-bond donors (Lipinski definition) is 0. The van der Waals surface area contributed by atoms with Gasteiger partial charge in [0.05, 0.1) is 20.5 Å². The maximum atomic E-state index is 12.5. The average molecular weight is 476 g/mol. The van der Waals surface area contributed by atoms with Crippen LogP contribution in [0, 0.1) is 0 Å². The van der Waals surface area contributed by atoms with Gasteiger partial charge in [0.25, 0.3) is 0 Å². The largest absolute Gasteiger partial charge is 0.493 e. The molecule has 1 aliphatic rings. The second-order valence-electron chi connectivity index (χ2n) is 8.18. The van der Waals surface area contributed by atoms with Crippen LogP contribution in [0.3, 0.4) is 0 Å². The van der Waals surface area contributed by atoms with E-state index in [4.69, 9.17) is 9.47 Å². The quantitative estimate of drug-likeness (QED) is 0.662. The standard InChI is InChI=1S/C24H33N3O5S/c1-19(28)27-14-8-13-26(33(4,29)30)16-15-25(17-20-9-5-6-11-22(20)27)18-21-10-7-12-23(31-2)24(21)32-3/h5-7,9-12H,8,13-18H2,1-4H3. The molecule has 8 nitrogen and oxygen atoms in total. The molecule has 33 heavy (non-hydrogen) atoms. The van der Waals surface area contributed by atoms with E-state index in [0.717, 1.165) is 16.8 Å². The molecule has 0 atom stereocenters. The van der Waals surface area contributed by atoms with Gasteiger partial charge in [-0.05, 0) is 24.1 Å². The summed E-state index contributed by atoms with van der Waals surface area (Å²) in [4.78, 5) is 16.4. The molecule has 3 rings (SSSR count). The molecule has 0 radical (unpaired) electrons. The number of amides is 1. The van der Waals surface area contributed by atoms with Crippen molar-refractivity contribution < 1.29 is 22.7 Å². The van der Waals surface area contributed by atoms with Crippen molar-refractivity contribution in [3.05, 3.63) is 53.6 Å². The second-order valence-corrected chi connectivity index (χ2v) is 10.2. The Kier molecular flexibility index (Phi) is 8.34. The lowest BCUT2D eigenvalue weighted by atomic mass is 10.1. The van der Waals surface area contributed by atoms with E-state index in [1.165, 1.54) is 10.6 Å². The molecule has 0 fully saturated rings. The van der Waals surface area contributed by atoms with E-state index < -0.39 is 10.0 Å². The zero-order chi connectivity index (χ0) is 24.0. The van der Waals surface area contributed by atoms with Crippen LogP contribution in [0.1, 0.15) is 24.5 Å². The maximum Gasteiger partial charge on any atom is 0.223 e. The van der Waals surface area contributed by atoms with E-state index in [1.807, 2.05) is 42.5 Å². The van der Waals surface area contributed by atoms with Crippen LogP contribution in [-0.2, 0) is 27.9 Å². The highest BCUT2D eigenvalue weighted by Crippen LogP contribution is 2.32. The molecule has 0 saturated heterocycles. The molecule has 0 aliphatic carbocycles. The first-order valence-electron chi connectivity index (χ1n) is 11.0. The van der Waals surface area contributed by atoms with Crippen LogP contribution in [0.4, 0.5) is 5.69 Å². The van der Waals surface area contributed by atoms with Crippen molar-refractivity contribution in [1.82, 2.24) is 9.21 Å². The minimum atomic E-state index is -3.37. The Balaban J connectivity index is 2.01. The smallest absolute Gasteiger partial charge is 0.223 e. The molecule has 9 heteroatoms. The van der Waals surface area contributed by atoms with Gasteiger partial charge in [0, 0.05) is 57.4 Å². The first-order chi connectivity index (χ1) is 15.7. The highest BCUT2D eigenvalue weighted by molar-refractivity contribution is 7.88. The molecule has 1 heterocycles. The van der Waals surface area contributed by atoms with Gasteiger partial charge in [0.15, 0.2) is 11.5 Å². The van der Waals surface area contributed by atoms with Gasteiger partial charge in [0.2, 0.25) is 15.9 Å². The highest BCUT2D eigenvalue weighted by atomic mass is 32.2. The Bertz CT molecular complexity index is 1070. The van der Waals surface area contributed by atoms with Crippen LogP contribution in [0.5, 0.6) is 11.5 Å². The Labute approximate surface area is 196 Å². The molecule has 0 spiro atoms. The fraction of sp³-hybridized carbons (Fsp3) is 0.458. The predicted octanol–water partition coefficient (Wildman–Crippen LogP) is 2.72. The molecule has 0 N–H and O–H groups in total. The van der Waals surface area contributed by atoms with E-state index in [-0.39, 0.29) is 5.91 Å². The van der Waals surface area contributed by atoms with Crippen molar-refractivity contribution >= 4 is 21.6 Å². The summed E-state index contributed by atoms with van der Waals surface area (Å²) in [5, 5.41) is 0. The Morgan fingerprint density at radius 1 is 0.970 bits per heavy atom. The fourth-order valence-electron chi connectivity index (χ4n) is 4.23. The zero-order valence-electron chi connectivity index (χ0n) is 19.8. The van der Waals surface area contributed by atoms with Crippen molar-refractivity contribution in [3.8, 4) is 11.5 Å². The average Bonchev–Trinajstić information content (AvgIpc) is 2.80.